The average molecular weight is 317 g/mol. The van der Waals surface area contributed by atoms with Gasteiger partial charge in [-0.1, -0.05) is 91.0 Å². The predicted octanol–water partition coefficient (Wildman–Crippen LogP) is 6.05. The molecule has 0 aliphatic heterocycles. The van der Waals surface area contributed by atoms with Gasteiger partial charge in [-0.2, -0.15) is 0 Å². The van der Waals surface area contributed by atoms with Gasteiger partial charge in [0.1, 0.15) is 0 Å². The first kappa shape index (κ1) is 19.1. The van der Waals surface area contributed by atoms with E-state index in [4.69, 9.17) is 0 Å². The second-order valence-electron chi connectivity index (χ2n) is 6.27. The van der Waals surface area contributed by atoms with Crippen LogP contribution >= 0.6 is 0 Å². The van der Waals surface area contributed by atoms with Crippen LogP contribution in [0.2, 0.25) is 0 Å². The zero-order valence-electron chi connectivity index (χ0n) is 15.3. The molecule has 1 radical (unpaired) electrons. The molecule has 0 saturated carbocycles. The van der Waals surface area contributed by atoms with E-state index in [1.165, 1.54) is 11.1 Å². The molecule has 0 aromatic heterocycles. The molecule has 0 fully saturated rings. The van der Waals surface area contributed by atoms with Gasteiger partial charge in [-0.15, -0.1) is 0 Å². The summed E-state index contributed by atoms with van der Waals surface area (Å²) in [5.41, 5.74) is 9.15. The van der Waals surface area contributed by atoms with E-state index in [0.29, 0.717) is 0 Å². The van der Waals surface area contributed by atoms with Crippen LogP contribution in [0.1, 0.15) is 33.4 Å². The topological polar surface area (TPSA) is 0 Å². The third-order valence-corrected chi connectivity index (χ3v) is 4.36. The van der Waals surface area contributed by atoms with E-state index in [-0.39, 0.29) is 18.9 Å². The summed E-state index contributed by atoms with van der Waals surface area (Å²) >= 11 is 0. The summed E-state index contributed by atoms with van der Waals surface area (Å²) in [5, 5.41) is 0. The minimum atomic E-state index is 0. The van der Waals surface area contributed by atoms with Crippen molar-refractivity contribution in [3.05, 3.63) is 119 Å². The number of benzene rings is 3. The van der Waals surface area contributed by atoms with Gasteiger partial charge in [0.15, 0.2) is 0 Å². The quantitative estimate of drug-likeness (QED) is 0.514. The first-order valence-corrected chi connectivity index (χ1v) is 8.17. The summed E-state index contributed by atoms with van der Waals surface area (Å²) in [5.74, 6) is 0. The Kier molecular flexibility index (Phi) is 6.26. The molecule has 0 N–H and O–H groups in total. The molecule has 0 heterocycles. The third-order valence-electron chi connectivity index (χ3n) is 4.36. The normalized spacial score (nSPS) is 10.0. The molecule has 0 saturated heterocycles. The van der Waals surface area contributed by atoms with Gasteiger partial charge in [0, 0.05) is 18.9 Å². The van der Waals surface area contributed by atoms with Crippen LogP contribution in [0, 0.1) is 13.8 Å². The maximum atomic E-state index is 4.28. The molecule has 0 aliphatic carbocycles. The Hall–Kier alpha value is -2.26. The second kappa shape index (κ2) is 8.21. The minimum absolute atomic E-state index is 0. The van der Waals surface area contributed by atoms with Gasteiger partial charge in [0.2, 0.25) is 0 Å². The molecule has 0 aliphatic rings. The molecule has 0 unspecified atom stereocenters. The first-order chi connectivity index (χ1) is 11.5. The molecule has 0 bridgehead atoms. The van der Waals surface area contributed by atoms with E-state index in [1.807, 2.05) is 0 Å². The Bertz CT molecular complexity index is 811. The largest absolute Gasteiger partial charge is 0.0906 e. The maximum absolute atomic E-state index is 4.28. The van der Waals surface area contributed by atoms with Crippen molar-refractivity contribution in [2.75, 3.05) is 0 Å². The summed E-state index contributed by atoms with van der Waals surface area (Å²) in [6.07, 6.45) is 0. The smallest absolute Gasteiger partial charge is 0 e. The molecule has 0 spiro atoms. The standard InChI is InChI=1S/C24H22.Li/c1-17-8-12-21(13-9-17)19(3)23-6-5-7-24(16-23)20(4)22-14-10-18(2)11-15-22;/h5-16H,3-4H2,1-2H3;. The van der Waals surface area contributed by atoms with Crippen LogP contribution in [-0.4, -0.2) is 18.9 Å². The van der Waals surface area contributed by atoms with Gasteiger partial charge in [0.05, 0.1) is 0 Å². The molecular weight excluding hydrogens is 295 g/mol. The fraction of sp³-hybridized carbons (Fsp3) is 0.0833. The monoisotopic (exact) mass is 317 g/mol. The van der Waals surface area contributed by atoms with Crippen LogP contribution in [0.3, 0.4) is 0 Å². The number of aryl methyl sites for hydroxylation is 2. The predicted molar refractivity (Wildman–Crippen MR) is 111 cm³/mol. The molecule has 3 rings (SSSR count). The van der Waals surface area contributed by atoms with Crippen LogP contribution in [0.15, 0.2) is 86.0 Å². The second-order valence-corrected chi connectivity index (χ2v) is 6.27. The third kappa shape index (κ3) is 4.43. The van der Waals surface area contributed by atoms with Gasteiger partial charge >= 0.3 is 0 Å². The zero-order chi connectivity index (χ0) is 17.1. The molecule has 0 nitrogen and oxygen atoms in total. The Morgan fingerprint density at radius 3 is 1.28 bits per heavy atom. The van der Waals surface area contributed by atoms with E-state index >= 15 is 0 Å². The van der Waals surface area contributed by atoms with Crippen molar-refractivity contribution < 1.29 is 0 Å². The molecule has 1 heteroatoms. The van der Waals surface area contributed by atoms with Crippen LogP contribution in [0.4, 0.5) is 0 Å². The molecule has 25 heavy (non-hydrogen) atoms. The number of hydrogen-bond donors (Lipinski definition) is 0. The molecule has 0 atom stereocenters. The number of hydrogen-bond acceptors (Lipinski definition) is 0. The van der Waals surface area contributed by atoms with E-state index < -0.39 is 0 Å². The molecule has 0 amide bonds. The van der Waals surface area contributed by atoms with Crippen LogP contribution in [-0.2, 0) is 0 Å². The van der Waals surface area contributed by atoms with Crippen molar-refractivity contribution >= 4 is 30.0 Å². The van der Waals surface area contributed by atoms with Gasteiger partial charge < -0.3 is 0 Å². The Morgan fingerprint density at radius 2 is 0.920 bits per heavy atom. The van der Waals surface area contributed by atoms with Gasteiger partial charge in [0.25, 0.3) is 0 Å². The Balaban J connectivity index is 0.00000225. The maximum Gasteiger partial charge on any atom is 0 e. The van der Waals surface area contributed by atoms with Gasteiger partial charge in [-0.3, -0.25) is 0 Å². The van der Waals surface area contributed by atoms with Crippen molar-refractivity contribution in [3.63, 3.8) is 0 Å². The fourth-order valence-electron chi connectivity index (χ4n) is 2.74. The first-order valence-electron chi connectivity index (χ1n) is 8.17. The summed E-state index contributed by atoms with van der Waals surface area (Å²) in [6, 6.07) is 25.4. The van der Waals surface area contributed by atoms with Crippen molar-refractivity contribution in [3.8, 4) is 0 Å². The molecule has 3 aromatic carbocycles. The SMILES string of the molecule is C=C(c1ccc(C)cc1)c1cccc(C(=C)c2ccc(C)cc2)c1.[Li]. The van der Waals surface area contributed by atoms with Crippen LogP contribution in [0.25, 0.3) is 11.1 Å². The summed E-state index contributed by atoms with van der Waals surface area (Å²) in [4.78, 5) is 0. The van der Waals surface area contributed by atoms with E-state index in [9.17, 15) is 0 Å². The molecule has 119 valence electrons. The number of rotatable bonds is 4. The summed E-state index contributed by atoms with van der Waals surface area (Å²) < 4.78 is 0. The van der Waals surface area contributed by atoms with Gasteiger partial charge in [-0.05, 0) is 53.3 Å². The van der Waals surface area contributed by atoms with E-state index in [1.54, 1.807) is 0 Å². The van der Waals surface area contributed by atoms with Crippen LogP contribution in [0.5, 0.6) is 0 Å². The average Bonchev–Trinajstić information content (AvgIpc) is 2.62. The Labute approximate surface area is 163 Å². The van der Waals surface area contributed by atoms with E-state index in [2.05, 4.69) is 99.8 Å². The Morgan fingerprint density at radius 1 is 0.560 bits per heavy atom. The van der Waals surface area contributed by atoms with Crippen molar-refractivity contribution in [2.45, 2.75) is 13.8 Å². The molecule has 3 aromatic rings. The van der Waals surface area contributed by atoms with Crippen molar-refractivity contribution in [1.82, 2.24) is 0 Å². The summed E-state index contributed by atoms with van der Waals surface area (Å²) in [6.45, 7) is 12.8. The summed E-state index contributed by atoms with van der Waals surface area (Å²) in [7, 11) is 0. The van der Waals surface area contributed by atoms with Gasteiger partial charge in [-0.25, -0.2) is 0 Å². The molecular formula is C24H22Li. The van der Waals surface area contributed by atoms with Crippen molar-refractivity contribution in [1.29, 1.82) is 0 Å². The van der Waals surface area contributed by atoms with Crippen LogP contribution < -0.4 is 0 Å². The van der Waals surface area contributed by atoms with Crippen molar-refractivity contribution in [2.24, 2.45) is 0 Å². The van der Waals surface area contributed by atoms with E-state index in [0.717, 1.165) is 33.4 Å². The minimum Gasteiger partial charge on any atom is -0.0906 e. The zero-order valence-corrected chi connectivity index (χ0v) is 15.3. The fourth-order valence-corrected chi connectivity index (χ4v) is 2.74.